The van der Waals surface area contributed by atoms with Crippen LogP contribution in [-0.4, -0.2) is 26.4 Å². The van der Waals surface area contributed by atoms with Crippen LogP contribution in [0.2, 0.25) is 0 Å². The molecule has 2 aromatic rings. The number of hydrogen-bond acceptors (Lipinski definition) is 4. The highest BCUT2D eigenvalue weighted by Crippen LogP contribution is 2.33. The van der Waals surface area contributed by atoms with E-state index in [0.717, 1.165) is 10.6 Å². The Labute approximate surface area is 120 Å². The van der Waals surface area contributed by atoms with Gasteiger partial charge in [-0.3, -0.25) is 9.59 Å². The van der Waals surface area contributed by atoms with Crippen molar-refractivity contribution in [2.24, 2.45) is 5.92 Å². The summed E-state index contributed by atoms with van der Waals surface area (Å²) in [5.41, 5.74) is 0.941. The Bertz CT molecular complexity index is 604. The first-order valence-electron chi connectivity index (χ1n) is 6.28. The fraction of sp³-hybridized carbons (Fsp3) is 0.357. The lowest BCUT2D eigenvalue weighted by Crippen LogP contribution is -2.19. The summed E-state index contributed by atoms with van der Waals surface area (Å²) in [6, 6.07) is 1.93. The number of carboxylic acids is 1. The van der Waals surface area contributed by atoms with Gasteiger partial charge in [0.1, 0.15) is 5.78 Å². The van der Waals surface area contributed by atoms with Crippen molar-refractivity contribution in [3.8, 4) is 5.69 Å². The second-order valence-electron chi connectivity index (χ2n) is 4.84. The van der Waals surface area contributed by atoms with E-state index in [1.54, 1.807) is 19.4 Å². The molecule has 0 bridgehead atoms. The van der Waals surface area contributed by atoms with Gasteiger partial charge in [-0.25, -0.2) is 4.98 Å². The molecule has 2 unspecified atom stereocenters. The zero-order valence-corrected chi connectivity index (χ0v) is 12.1. The van der Waals surface area contributed by atoms with E-state index in [1.165, 1.54) is 18.3 Å². The molecule has 0 aliphatic rings. The highest BCUT2D eigenvalue weighted by molar-refractivity contribution is 7.10. The van der Waals surface area contributed by atoms with Gasteiger partial charge in [-0.1, -0.05) is 6.92 Å². The molecule has 2 aromatic heterocycles. The Balaban J connectivity index is 2.26. The van der Waals surface area contributed by atoms with Crippen molar-refractivity contribution in [2.45, 2.75) is 26.2 Å². The normalized spacial score (nSPS) is 13.9. The van der Waals surface area contributed by atoms with Crippen LogP contribution in [0.1, 0.15) is 31.1 Å². The van der Waals surface area contributed by atoms with Crippen molar-refractivity contribution in [1.82, 2.24) is 9.55 Å². The summed E-state index contributed by atoms with van der Waals surface area (Å²) in [7, 11) is 0. The number of aliphatic carboxylic acids is 1. The molecular formula is C14H16N2O3S. The van der Waals surface area contributed by atoms with Gasteiger partial charge < -0.3 is 9.67 Å². The Kier molecular flexibility index (Phi) is 4.34. The first kappa shape index (κ1) is 14.5. The molecule has 0 aromatic carbocycles. The zero-order valence-electron chi connectivity index (χ0n) is 11.3. The molecule has 0 spiro atoms. The number of thiophene rings is 1. The predicted molar refractivity (Wildman–Crippen MR) is 76.3 cm³/mol. The maximum atomic E-state index is 11.9. The maximum Gasteiger partial charge on any atom is 0.303 e. The second kappa shape index (κ2) is 6.00. The number of carbonyl (C=O) groups excluding carboxylic acids is 1. The summed E-state index contributed by atoms with van der Waals surface area (Å²) >= 11 is 1.48. The van der Waals surface area contributed by atoms with E-state index in [4.69, 9.17) is 5.11 Å². The van der Waals surface area contributed by atoms with Crippen LogP contribution in [0.15, 0.2) is 30.2 Å². The third kappa shape index (κ3) is 3.14. The zero-order chi connectivity index (χ0) is 14.7. The molecular weight excluding hydrogens is 276 g/mol. The minimum atomic E-state index is -0.880. The van der Waals surface area contributed by atoms with Crippen molar-refractivity contribution in [3.63, 3.8) is 0 Å². The molecule has 5 nitrogen and oxygen atoms in total. The molecule has 2 rings (SSSR count). The predicted octanol–water partition coefficient (Wildman–Crippen LogP) is 2.72. The van der Waals surface area contributed by atoms with E-state index in [-0.39, 0.29) is 24.0 Å². The van der Waals surface area contributed by atoms with Crippen LogP contribution in [0, 0.1) is 5.92 Å². The molecule has 2 atom stereocenters. The molecule has 0 aliphatic carbocycles. The van der Waals surface area contributed by atoms with E-state index in [2.05, 4.69) is 4.98 Å². The molecule has 1 N–H and O–H groups in total. The fourth-order valence-corrected chi connectivity index (χ4v) is 3.51. The number of Topliss-reactive ketones (excluding diaryl/α,β-unsaturated/α-hetero) is 1. The summed E-state index contributed by atoms with van der Waals surface area (Å²) in [5.74, 6) is -1.47. The van der Waals surface area contributed by atoms with E-state index in [0.29, 0.717) is 0 Å². The lowest BCUT2D eigenvalue weighted by atomic mass is 9.87. The topological polar surface area (TPSA) is 72.2 Å². The lowest BCUT2D eigenvalue weighted by Gasteiger charge is -2.18. The summed E-state index contributed by atoms with van der Waals surface area (Å²) in [5, 5.41) is 10.8. The molecule has 106 valence electrons. The molecule has 20 heavy (non-hydrogen) atoms. The van der Waals surface area contributed by atoms with Crippen LogP contribution in [0.3, 0.4) is 0 Å². The van der Waals surface area contributed by atoms with Crippen molar-refractivity contribution < 1.29 is 14.7 Å². The van der Waals surface area contributed by atoms with Gasteiger partial charge in [0.05, 0.1) is 17.9 Å². The van der Waals surface area contributed by atoms with E-state index >= 15 is 0 Å². The first-order chi connectivity index (χ1) is 9.49. The standard InChI is InChI=1S/C14H16N2O3S/c1-9(5-13(18)19)14(10(2)17)12-6-11(7-20-12)16-4-3-15-8-16/h3-4,6-9,14H,5H2,1-2H3,(H,18,19). The number of carboxylic acid groups (broad SMARTS) is 1. The lowest BCUT2D eigenvalue weighted by molar-refractivity contribution is -0.138. The molecule has 2 heterocycles. The van der Waals surface area contributed by atoms with E-state index in [9.17, 15) is 9.59 Å². The molecule has 0 aliphatic heterocycles. The Hall–Kier alpha value is -1.95. The summed E-state index contributed by atoms with van der Waals surface area (Å²) in [6.45, 7) is 3.32. The van der Waals surface area contributed by atoms with E-state index < -0.39 is 5.97 Å². The average Bonchev–Trinajstić information content (AvgIpc) is 2.96. The van der Waals surface area contributed by atoms with Crippen LogP contribution in [-0.2, 0) is 9.59 Å². The Morgan fingerprint density at radius 3 is 2.80 bits per heavy atom. The number of aromatic nitrogens is 2. The highest BCUT2D eigenvalue weighted by Gasteiger charge is 2.27. The minimum Gasteiger partial charge on any atom is -0.481 e. The number of carbonyl (C=O) groups is 2. The van der Waals surface area contributed by atoms with Gasteiger partial charge in [-0.15, -0.1) is 11.3 Å². The number of imidazole rings is 1. The van der Waals surface area contributed by atoms with Gasteiger partial charge in [0, 0.05) is 29.1 Å². The monoisotopic (exact) mass is 292 g/mol. The number of nitrogens with zero attached hydrogens (tertiary/aromatic N) is 2. The summed E-state index contributed by atoms with van der Waals surface area (Å²) in [6.07, 6.45) is 5.19. The third-order valence-electron chi connectivity index (χ3n) is 3.22. The summed E-state index contributed by atoms with van der Waals surface area (Å²) < 4.78 is 1.86. The summed E-state index contributed by atoms with van der Waals surface area (Å²) in [4.78, 5) is 27.6. The van der Waals surface area contributed by atoms with Crippen molar-refractivity contribution in [2.75, 3.05) is 0 Å². The number of ketones is 1. The van der Waals surface area contributed by atoms with Gasteiger partial charge >= 0.3 is 5.97 Å². The van der Waals surface area contributed by atoms with E-state index in [1.807, 2.05) is 22.2 Å². The van der Waals surface area contributed by atoms with Crippen molar-refractivity contribution >= 4 is 23.1 Å². The molecule has 0 saturated heterocycles. The minimum absolute atomic E-state index is 0.00205. The molecule has 0 amide bonds. The van der Waals surface area contributed by atoms with Crippen LogP contribution in [0.25, 0.3) is 5.69 Å². The SMILES string of the molecule is CC(=O)C(c1cc(-n2ccnc2)cs1)C(C)CC(=O)O. The first-order valence-corrected chi connectivity index (χ1v) is 7.16. The van der Waals surface area contributed by atoms with Crippen molar-refractivity contribution in [1.29, 1.82) is 0 Å². The maximum absolute atomic E-state index is 11.9. The Morgan fingerprint density at radius 2 is 2.25 bits per heavy atom. The number of rotatable bonds is 6. The van der Waals surface area contributed by atoms with Crippen LogP contribution in [0.5, 0.6) is 0 Å². The van der Waals surface area contributed by atoms with Crippen LogP contribution < -0.4 is 0 Å². The second-order valence-corrected chi connectivity index (χ2v) is 5.78. The third-order valence-corrected chi connectivity index (χ3v) is 4.22. The van der Waals surface area contributed by atoms with Gasteiger partial charge in [0.25, 0.3) is 0 Å². The molecule has 0 saturated carbocycles. The van der Waals surface area contributed by atoms with Gasteiger partial charge in [0.2, 0.25) is 0 Å². The molecule has 0 radical (unpaired) electrons. The van der Waals surface area contributed by atoms with Gasteiger partial charge in [-0.2, -0.15) is 0 Å². The molecule has 6 heteroatoms. The quantitative estimate of drug-likeness (QED) is 0.888. The average molecular weight is 292 g/mol. The fourth-order valence-electron chi connectivity index (χ4n) is 2.33. The van der Waals surface area contributed by atoms with Gasteiger partial charge in [0.15, 0.2) is 0 Å². The Morgan fingerprint density at radius 1 is 1.50 bits per heavy atom. The molecule has 0 fully saturated rings. The highest BCUT2D eigenvalue weighted by atomic mass is 32.1. The largest absolute Gasteiger partial charge is 0.481 e. The van der Waals surface area contributed by atoms with Crippen LogP contribution in [0.4, 0.5) is 0 Å². The van der Waals surface area contributed by atoms with Crippen molar-refractivity contribution in [3.05, 3.63) is 35.0 Å². The van der Waals surface area contributed by atoms with Gasteiger partial charge in [-0.05, 0) is 18.9 Å². The smallest absolute Gasteiger partial charge is 0.303 e. The van der Waals surface area contributed by atoms with Crippen LogP contribution >= 0.6 is 11.3 Å². The number of hydrogen-bond donors (Lipinski definition) is 1.